The zero-order chi connectivity index (χ0) is 13.0. The Labute approximate surface area is 113 Å². The molecule has 5 heteroatoms. The summed E-state index contributed by atoms with van der Waals surface area (Å²) in [4.78, 5) is 0. The van der Waals surface area contributed by atoms with E-state index < -0.39 is 6.61 Å². The van der Waals surface area contributed by atoms with Crippen LogP contribution in [0.15, 0.2) is 41.1 Å². The third-order valence-corrected chi connectivity index (χ3v) is 3.58. The Hall–Kier alpha value is -1.13. The Morgan fingerprint density at radius 3 is 2.78 bits per heavy atom. The van der Waals surface area contributed by atoms with Gasteiger partial charge in [0.1, 0.15) is 5.75 Å². The van der Waals surface area contributed by atoms with Gasteiger partial charge in [0.15, 0.2) is 0 Å². The zero-order valence-electron chi connectivity index (χ0n) is 9.35. The lowest BCUT2D eigenvalue weighted by molar-refractivity contribution is -0.0498. The molecule has 0 radical (unpaired) electrons. The van der Waals surface area contributed by atoms with Gasteiger partial charge in [0.2, 0.25) is 0 Å². The topological polar surface area (TPSA) is 9.23 Å². The average Bonchev–Trinajstić information content (AvgIpc) is 2.81. The van der Waals surface area contributed by atoms with E-state index in [9.17, 15) is 8.78 Å². The smallest absolute Gasteiger partial charge is 0.387 e. The summed E-state index contributed by atoms with van der Waals surface area (Å²) in [5.41, 5.74) is 1.92. The number of thiophene rings is 1. The van der Waals surface area contributed by atoms with Gasteiger partial charge in [-0.2, -0.15) is 20.1 Å². The highest BCUT2D eigenvalue weighted by molar-refractivity contribution is 7.07. The normalized spacial score (nSPS) is 12.7. The lowest BCUT2D eigenvalue weighted by Gasteiger charge is -2.11. The molecule has 0 aliphatic carbocycles. The fourth-order valence-electron chi connectivity index (χ4n) is 1.62. The first-order chi connectivity index (χ1) is 8.65. The molecule has 96 valence electrons. The molecule has 0 saturated heterocycles. The minimum atomic E-state index is -2.81. The molecule has 1 atom stereocenters. The summed E-state index contributed by atoms with van der Waals surface area (Å²) in [6.45, 7) is -2.81. The summed E-state index contributed by atoms with van der Waals surface area (Å²) >= 11 is 7.87. The van der Waals surface area contributed by atoms with Crippen LogP contribution in [0.5, 0.6) is 5.75 Å². The number of ether oxygens (including phenoxy) is 1. The van der Waals surface area contributed by atoms with Crippen LogP contribution in [0.4, 0.5) is 8.78 Å². The molecule has 0 bridgehead atoms. The first-order valence-corrected chi connectivity index (χ1v) is 6.73. The van der Waals surface area contributed by atoms with Crippen LogP contribution in [-0.4, -0.2) is 6.61 Å². The van der Waals surface area contributed by atoms with E-state index in [1.807, 2.05) is 22.9 Å². The molecule has 0 fully saturated rings. The van der Waals surface area contributed by atoms with Crippen molar-refractivity contribution < 1.29 is 13.5 Å². The molecule has 1 unspecified atom stereocenters. The van der Waals surface area contributed by atoms with Gasteiger partial charge in [-0.25, -0.2) is 0 Å². The number of alkyl halides is 3. The van der Waals surface area contributed by atoms with Crippen LogP contribution in [0.25, 0.3) is 0 Å². The van der Waals surface area contributed by atoms with Crippen molar-refractivity contribution in [3.05, 3.63) is 52.2 Å². The van der Waals surface area contributed by atoms with Crippen LogP contribution in [0.3, 0.4) is 0 Å². The van der Waals surface area contributed by atoms with Gasteiger partial charge in [-0.05, 0) is 46.5 Å². The van der Waals surface area contributed by atoms with Crippen molar-refractivity contribution in [2.24, 2.45) is 0 Å². The van der Waals surface area contributed by atoms with Gasteiger partial charge >= 0.3 is 6.61 Å². The number of rotatable bonds is 5. The molecule has 1 nitrogen and oxygen atoms in total. The van der Waals surface area contributed by atoms with E-state index in [0.29, 0.717) is 6.42 Å². The molecule has 2 rings (SSSR count). The van der Waals surface area contributed by atoms with Crippen LogP contribution in [0.1, 0.15) is 16.5 Å². The fraction of sp³-hybridized carbons (Fsp3) is 0.231. The number of hydrogen-bond donors (Lipinski definition) is 0. The maximum atomic E-state index is 12.1. The molecule has 0 N–H and O–H groups in total. The standard InChI is InChI=1S/C13H11ClF2OS/c14-12(6-9-4-5-18-8-9)10-2-1-3-11(7-10)17-13(15)16/h1-5,7-8,12-13H,6H2. The highest BCUT2D eigenvalue weighted by atomic mass is 35.5. The Bertz CT molecular complexity index is 487. The molecule has 1 aromatic heterocycles. The largest absolute Gasteiger partial charge is 0.435 e. The maximum absolute atomic E-state index is 12.1. The SMILES string of the molecule is FC(F)Oc1cccc(C(Cl)Cc2ccsc2)c1. The third kappa shape index (κ3) is 3.68. The van der Waals surface area contributed by atoms with Gasteiger partial charge < -0.3 is 4.74 Å². The molecule has 1 aromatic carbocycles. The molecular weight excluding hydrogens is 278 g/mol. The zero-order valence-corrected chi connectivity index (χ0v) is 10.9. The Morgan fingerprint density at radius 1 is 1.28 bits per heavy atom. The molecular formula is C13H11ClF2OS. The van der Waals surface area contributed by atoms with E-state index in [4.69, 9.17) is 11.6 Å². The van der Waals surface area contributed by atoms with Crippen molar-refractivity contribution in [3.63, 3.8) is 0 Å². The van der Waals surface area contributed by atoms with Gasteiger partial charge in [-0.3, -0.25) is 0 Å². The minimum absolute atomic E-state index is 0.137. The van der Waals surface area contributed by atoms with Crippen LogP contribution in [0.2, 0.25) is 0 Å². The van der Waals surface area contributed by atoms with Gasteiger partial charge in [-0.1, -0.05) is 12.1 Å². The molecule has 1 heterocycles. The maximum Gasteiger partial charge on any atom is 0.387 e. The Morgan fingerprint density at radius 2 is 2.11 bits per heavy atom. The van der Waals surface area contributed by atoms with Crippen molar-refractivity contribution in [2.75, 3.05) is 0 Å². The third-order valence-electron chi connectivity index (χ3n) is 2.44. The number of benzene rings is 1. The summed E-state index contributed by atoms with van der Waals surface area (Å²) < 4.78 is 28.6. The van der Waals surface area contributed by atoms with Crippen molar-refractivity contribution in [1.29, 1.82) is 0 Å². The predicted molar refractivity (Wildman–Crippen MR) is 69.7 cm³/mol. The number of hydrogen-bond acceptors (Lipinski definition) is 2. The summed E-state index contributed by atoms with van der Waals surface area (Å²) in [5.74, 6) is 0.137. The summed E-state index contributed by atoms with van der Waals surface area (Å²) in [7, 11) is 0. The quantitative estimate of drug-likeness (QED) is 0.713. The van der Waals surface area contributed by atoms with Gasteiger partial charge in [0, 0.05) is 0 Å². The van der Waals surface area contributed by atoms with E-state index in [0.717, 1.165) is 11.1 Å². The van der Waals surface area contributed by atoms with Gasteiger partial charge in [-0.15, -0.1) is 11.6 Å². The second-order valence-electron chi connectivity index (χ2n) is 3.75. The molecule has 0 spiro atoms. The van der Waals surface area contributed by atoms with Crippen LogP contribution < -0.4 is 4.74 Å². The van der Waals surface area contributed by atoms with Crippen molar-refractivity contribution in [1.82, 2.24) is 0 Å². The number of halogens is 3. The Kier molecular flexibility index (Phi) is 4.55. The monoisotopic (exact) mass is 288 g/mol. The predicted octanol–water partition coefficient (Wildman–Crippen LogP) is 4.87. The second-order valence-corrected chi connectivity index (χ2v) is 5.06. The first-order valence-electron chi connectivity index (χ1n) is 5.35. The van der Waals surface area contributed by atoms with E-state index in [1.165, 1.54) is 6.07 Å². The summed E-state index contributed by atoms with van der Waals surface area (Å²) in [5, 5.41) is 3.75. The van der Waals surface area contributed by atoms with Crippen molar-refractivity contribution in [2.45, 2.75) is 18.4 Å². The van der Waals surface area contributed by atoms with Crippen LogP contribution in [-0.2, 0) is 6.42 Å². The summed E-state index contributed by atoms with van der Waals surface area (Å²) in [6.07, 6.45) is 0.670. The molecule has 18 heavy (non-hydrogen) atoms. The van der Waals surface area contributed by atoms with E-state index in [2.05, 4.69) is 4.74 Å². The van der Waals surface area contributed by atoms with Crippen molar-refractivity contribution in [3.8, 4) is 5.75 Å². The Balaban J connectivity index is 2.07. The van der Waals surface area contributed by atoms with Gasteiger partial charge in [0.25, 0.3) is 0 Å². The summed E-state index contributed by atoms with van der Waals surface area (Å²) in [6, 6.07) is 8.51. The first kappa shape index (κ1) is 13.3. The molecule has 0 aliphatic heterocycles. The lowest BCUT2D eigenvalue weighted by Crippen LogP contribution is -2.03. The van der Waals surface area contributed by atoms with E-state index in [1.54, 1.807) is 23.5 Å². The molecule has 0 saturated carbocycles. The molecule has 0 aliphatic rings. The van der Waals surface area contributed by atoms with E-state index in [-0.39, 0.29) is 11.1 Å². The lowest BCUT2D eigenvalue weighted by atomic mass is 10.1. The molecule has 2 aromatic rings. The van der Waals surface area contributed by atoms with Crippen molar-refractivity contribution >= 4 is 22.9 Å². The average molecular weight is 289 g/mol. The highest BCUT2D eigenvalue weighted by Gasteiger charge is 2.11. The fourth-order valence-corrected chi connectivity index (χ4v) is 2.61. The second kappa shape index (κ2) is 6.16. The highest BCUT2D eigenvalue weighted by Crippen LogP contribution is 2.28. The minimum Gasteiger partial charge on any atom is -0.435 e. The van der Waals surface area contributed by atoms with Gasteiger partial charge in [0.05, 0.1) is 5.38 Å². The van der Waals surface area contributed by atoms with E-state index >= 15 is 0 Å². The molecule has 0 amide bonds. The van der Waals surface area contributed by atoms with Crippen LogP contribution >= 0.6 is 22.9 Å². The van der Waals surface area contributed by atoms with Crippen LogP contribution in [0, 0.1) is 0 Å².